The van der Waals surface area contributed by atoms with Gasteiger partial charge in [-0.3, -0.25) is 4.79 Å². The molecule has 0 aliphatic rings. The summed E-state index contributed by atoms with van der Waals surface area (Å²) in [6.45, 7) is 4.20. The Hall–Kier alpha value is -0.240. The number of carbonyl (C=O) groups is 1. The number of esters is 1. The third kappa shape index (κ3) is 14.0. The second-order valence-corrected chi connectivity index (χ2v) is 5.67. The molecule has 0 spiro atoms. The smallest absolute Gasteiger partial charge is 0.321 e. The number of hydrogen-bond acceptors (Lipinski definition) is 2. The van der Waals surface area contributed by atoms with E-state index in [2.05, 4.69) is 6.92 Å². The Bertz CT molecular complexity index is 207. The van der Waals surface area contributed by atoms with Crippen molar-refractivity contribution in [3.8, 4) is 0 Å². The Morgan fingerprint density at radius 2 is 1.42 bits per heavy atom. The summed E-state index contributed by atoms with van der Waals surface area (Å²) in [5, 5.41) is 0. The molecule has 0 aliphatic heterocycles. The van der Waals surface area contributed by atoms with E-state index in [0.717, 1.165) is 12.8 Å². The molecule has 0 saturated heterocycles. The summed E-state index contributed by atoms with van der Waals surface area (Å²) < 4.78 is 5.11. The van der Waals surface area contributed by atoms with Gasteiger partial charge in [-0.05, 0) is 19.8 Å². The second kappa shape index (κ2) is 14.2. The Morgan fingerprint density at radius 1 is 0.947 bits per heavy atom. The van der Waals surface area contributed by atoms with Crippen LogP contribution in [0.5, 0.6) is 0 Å². The van der Waals surface area contributed by atoms with Crippen molar-refractivity contribution in [2.75, 3.05) is 5.88 Å². The first-order valence-electron chi connectivity index (χ1n) is 7.96. The topological polar surface area (TPSA) is 26.3 Å². The summed E-state index contributed by atoms with van der Waals surface area (Å²) in [5.41, 5.74) is 0. The van der Waals surface area contributed by atoms with E-state index >= 15 is 0 Å². The van der Waals surface area contributed by atoms with Gasteiger partial charge in [0.25, 0.3) is 0 Å². The Kier molecular flexibility index (Phi) is 14.0. The maximum absolute atomic E-state index is 11.0. The fourth-order valence-electron chi connectivity index (χ4n) is 2.23. The standard InChI is InChI=1S/C16H31ClO2/c1-3-4-5-6-7-8-9-10-11-12-13-15(2)19-16(18)14-17/h15H,3-14H2,1-2H3. The molecule has 0 amide bonds. The first-order chi connectivity index (χ1) is 9.20. The Labute approximate surface area is 124 Å². The molecule has 0 fully saturated rings. The lowest BCUT2D eigenvalue weighted by Gasteiger charge is -2.11. The van der Waals surface area contributed by atoms with Gasteiger partial charge in [-0.15, -0.1) is 11.6 Å². The van der Waals surface area contributed by atoms with E-state index < -0.39 is 0 Å². The van der Waals surface area contributed by atoms with Crippen molar-refractivity contribution in [1.82, 2.24) is 0 Å². The summed E-state index contributed by atoms with van der Waals surface area (Å²) in [5.74, 6) is -0.344. The minimum absolute atomic E-state index is 0.0142. The van der Waals surface area contributed by atoms with Crippen molar-refractivity contribution in [3.63, 3.8) is 0 Å². The number of ether oxygens (including phenoxy) is 1. The quantitative estimate of drug-likeness (QED) is 0.255. The molecule has 0 aliphatic carbocycles. The van der Waals surface area contributed by atoms with Gasteiger partial charge in [0, 0.05) is 0 Å². The summed E-state index contributed by atoms with van der Waals surface area (Å²) in [4.78, 5) is 11.0. The van der Waals surface area contributed by atoms with Gasteiger partial charge in [0.05, 0.1) is 6.10 Å². The maximum atomic E-state index is 11.0. The van der Waals surface area contributed by atoms with Crippen LogP contribution < -0.4 is 0 Å². The lowest BCUT2D eigenvalue weighted by atomic mass is 10.0. The Morgan fingerprint density at radius 3 is 1.89 bits per heavy atom. The maximum Gasteiger partial charge on any atom is 0.321 e. The highest BCUT2D eigenvalue weighted by molar-refractivity contribution is 6.26. The zero-order valence-corrected chi connectivity index (χ0v) is 13.5. The normalized spacial score (nSPS) is 12.4. The Balaban J connectivity index is 3.16. The lowest BCUT2D eigenvalue weighted by molar-refractivity contribution is -0.145. The van der Waals surface area contributed by atoms with Crippen molar-refractivity contribution in [1.29, 1.82) is 0 Å². The average Bonchev–Trinajstić information content (AvgIpc) is 2.40. The van der Waals surface area contributed by atoms with E-state index in [4.69, 9.17) is 16.3 Å². The molecule has 114 valence electrons. The summed E-state index contributed by atoms with van der Waals surface area (Å²) in [6, 6.07) is 0. The fourth-order valence-corrected chi connectivity index (χ4v) is 2.30. The molecule has 19 heavy (non-hydrogen) atoms. The molecule has 0 N–H and O–H groups in total. The number of carbonyl (C=O) groups excluding carboxylic acids is 1. The van der Waals surface area contributed by atoms with Crippen LogP contribution in [0.4, 0.5) is 0 Å². The molecule has 1 unspecified atom stereocenters. The van der Waals surface area contributed by atoms with E-state index in [9.17, 15) is 4.79 Å². The van der Waals surface area contributed by atoms with Crippen LogP contribution in [0.3, 0.4) is 0 Å². The van der Waals surface area contributed by atoms with Gasteiger partial charge in [-0.2, -0.15) is 0 Å². The van der Waals surface area contributed by atoms with Gasteiger partial charge < -0.3 is 4.74 Å². The number of halogens is 1. The highest BCUT2D eigenvalue weighted by Crippen LogP contribution is 2.12. The molecule has 0 radical (unpaired) electrons. The molecule has 2 nitrogen and oxygen atoms in total. The zero-order valence-electron chi connectivity index (χ0n) is 12.8. The number of alkyl halides is 1. The minimum atomic E-state index is -0.304. The summed E-state index contributed by atoms with van der Waals surface area (Å²) in [7, 11) is 0. The molecule has 0 aromatic rings. The molecule has 3 heteroatoms. The van der Waals surface area contributed by atoms with Crippen molar-refractivity contribution < 1.29 is 9.53 Å². The number of unbranched alkanes of at least 4 members (excludes halogenated alkanes) is 9. The molecule has 0 saturated carbocycles. The highest BCUT2D eigenvalue weighted by Gasteiger charge is 2.07. The third-order valence-corrected chi connectivity index (χ3v) is 3.62. The molecular weight excluding hydrogens is 260 g/mol. The van der Waals surface area contributed by atoms with Crippen molar-refractivity contribution >= 4 is 17.6 Å². The average molecular weight is 291 g/mol. The van der Waals surface area contributed by atoms with Crippen molar-refractivity contribution in [2.24, 2.45) is 0 Å². The van der Waals surface area contributed by atoms with Crippen LogP contribution in [0.2, 0.25) is 0 Å². The molecule has 0 aromatic carbocycles. The summed E-state index contributed by atoms with van der Waals surface area (Å²) in [6.07, 6.45) is 14.3. The van der Waals surface area contributed by atoms with Gasteiger partial charge in [-0.25, -0.2) is 0 Å². The van der Waals surface area contributed by atoms with Crippen molar-refractivity contribution in [3.05, 3.63) is 0 Å². The zero-order chi connectivity index (χ0) is 14.3. The van der Waals surface area contributed by atoms with Crippen LogP contribution >= 0.6 is 11.6 Å². The molecule has 0 aromatic heterocycles. The number of rotatable bonds is 13. The molecule has 1 atom stereocenters. The predicted octanol–water partition coefficient (Wildman–Crippen LogP) is 5.47. The van der Waals surface area contributed by atoms with Gasteiger partial charge in [0.2, 0.25) is 0 Å². The first-order valence-corrected chi connectivity index (χ1v) is 8.49. The van der Waals surface area contributed by atoms with Crippen molar-refractivity contribution in [2.45, 2.75) is 90.6 Å². The van der Waals surface area contributed by atoms with E-state index in [0.29, 0.717) is 0 Å². The summed E-state index contributed by atoms with van der Waals surface area (Å²) >= 11 is 5.39. The molecule has 0 rings (SSSR count). The van der Waals surface area contributed by atoms with E-state index in [-0.39, 0.29) is 18.0 Å². The van der Waals surface area contributed by atoms with E-state index in [1.807, 2.05) is 6.92 Å². The van der Waals surface area contributed by atoms with Crippen LogP contribution in [0, 0.1) is 0 Å². The second-order valence-electron chi connectivity index (χ2n) is 5.40. The van der Waals surface area contributed by atoms with Crippen LogP contribution in [-0.2, 0) is 9.53 Å². The van der Waals surface area contributed by atoms with E-state index in [1.54, 1.807) is 0 Å². The monoisotopic (exact) mass is 290 g/mol. The highest BCUT2D eigenvalue weighted by atomic mass is 35.5. The minimum Gasteiger partial charge on any atom is -0.462 e. The van der Waals surface area contributed by atoms with Crippen LogP contribution in [0.25, 0.3) is 0 Å². The van der Waals surface area contributed by atoms with Crippen LogP contribution in [0.1, 0.15) is 84.5 Å². The SMILES string of the molecule is CCCCCCCCCCCCC(C)OC(=O)CCl. The lowest BCUT2D eigenvalue weighted by Crippen LogP contribution is -2.15. The largest absolute Gasteiger partial charge is 0.462 e. The van der Waals surface area contributed by atoms with Gasteiger partial charge in [0.1, 0.15) is 5.88 Å². The van der Waals surface area contributed by atoms with E-state index in [1.165, 1.54) is 57.8 Å². The number of hydrogen-bond donors (Lipinski definition) is 0. The molecule has 0 bridgehead atoms. The van der Waals surface area contributed by atoms with Gasteiger partial charge in [0.15, 0.2) is 0 Å². The first kappa shape index (κ1) is 18.8. The fraction of sp³-hybridized carbons (Fsp3) is 0.938. The van der Waals surface area contributed by atoms with Gasteiger partial charge in [-0.1, -0.05) is 64.7 Å². The van der Waals surface area contributed by atoms with Gasteiger partial charge >= 0.3 is 5.97 Å². The third-order valence-electron chi connectivity index (χ3n) is 3.41. The molecular formula is C16H31ClO2. The molecule has 0 heterocycles. The van der Waals surface area contributed by atoms with Crippen LogP contribution in [-0.4, -0.2) is 18.0 Å². The van der Waals surface area contributed by atoms with Crippen LogP contribution in [0.15, 0.2) is 0 Å². The predicted molar refractivity (Wildman–Crippen MR) is 82.7 cm³/mol.